The van der Waals surface area contributed by atoms with Gasteiger partial charge in [0.2, 0.25) is 0 Å². The van der Waals surface area contributed by atoms with Crippen molar-refractivity contribution in [2.24, 2.45) is 0 Å². The van der Waals surface area contributed by atoms with Crippen LogP contribution in [0.2, 0.25) is 18.5 Å². The van der Waals surface area contributed by atoms with E-state index in [-0.39, 0.29) is 0 Å². The van der Waals surface area contributed by atoms with E-state index in [4.69, 9.17) is 0 Å². The molecule has 0 spiro atoms. The summed E-state index contributed by atoms with van der Waals surface area (Å²) >= 11 is 0. The predicted molar refractivity (Wildman–Crippen MR) is 51.3 cm³/mol. The highest BCUT2D eigenvalue weighted by atomic mass is 14.1. The topological polar surface area (TPSA) is 0 Å². The number of rotatable bonds is 1. The van der Waals surface area contributed by atoms with Crippen molar-refractivity contribution in [1.29, 1.82) is 0 Å². The van der Waals surface area contributed by atoms with Crippen molar-refractivity contribution in [1.82, 2.24) is 0 Å². The van der Waals surface area contributed by atoms with Gasteiger partial charge < -0.3 is 0 Å². The van der Waals surface area contributed by atoms with E-state index in [1.807, 2.05) is 0 Å². The van der Waals surface area contributed by atoms with Crippen LogP contribution < -0.4 is 0 Å². The molecule has 1 saturated carbocycles. The Morgan fingerprint density at radius 1 is 0.909 bits per heavy atom. The highest BCUT2D eigenvalue weighted by molar-refractivity contribution is 6.62. The molecule has 0 atom stereocenters. The molecule has 1 heterocycles. The minimum Gasteiger partial charge on any atom is -0.0964 e. The average Bonchev–Trinajstić information content (AvgIpc) is 2.58. The fourth-order valence-corrected chi connectivity index (χ4v) is 2.63. The molecule has 1 aliphatic carbocycles. The summed E-state index contributed by atoms with van der Waals surface area (Å²) < 4.78 is 0. The summed E-state index contributed by atoms with van der Waals surface area (Å²) in [5.74, 6) is 1.08. The van der Waals surface area contributed by atoms with Gasteiger partial charge in [0.1, 0.15) is 0 Å². The lowest BCUT2D eigenvalue weighted by Crippen LogP contribution is -2.19. The number of hydrogen-bond donors (Lipinski definition) is 0. The van der Waals surface area contributed by atoms with E-state index < -0.39 is 0 Å². The summed E-state index contributed by atoms with van der Waals surface area (Å²) in [6.07, 6.45) is 15.0. The van der Waals surface area contributed by atoms with Crippen LogP contribution in [0.25, 0.3) is 0 Å². The molecule has 0 unspecified atom stereocenters. The van der Waals surface area contributed by atoms with Crippen LogP contribution in [0.15, 0.2) is 12.2 Å². The second-order valence-corrected chi connectivity index (χ2v) is 4.10. The predicted octanol–water partition coefficient (Wildman–Crippen LogP) is 3.39. The molecule has 0 aromatic carbocycles. The van der Waals surface area contributed by atoms with E-state index in [1.54, 1.807) is 0 Å². The first-order chi connectivity index (χ1) is 5.47. The van der Waals surface area contributed by atoms with Crippen molar-refractivity contribution in [3.8, 4) is 0 Å². The molecule has 60 valence electrons. The van der Waals surface area contributed by atoms with E-state index in [9.17, 15) is 0 Å². The van der Waals surface area contributed by atoms with E-state index in [1.165, 1.54) is 44.7 Å². The normalized spacial score (nSPS) is 26.4. The quantitative estimate of drug-likeness (QED) is 0.395. The van der Waals surface area contributed by atoms with E-state index in [0.717, 1.165) is 12.5 Å². The average molecular weight is 148 g/mol. The lowest BCUT2D eigenvalue weighted by molar-refractivity contribution is 0.496. The molecular weight excluding hydrogens is 131 g/mol. The maximum Gasteiger partial charge on any atom is 0.150 e. The zero-order valence-corrected chi connectivity index (χ0v) is 7.26. The Morgan fingerprint density at radius 3 is 2.18 bits per heavy atom. The molecule has 0 amide bonds. The maximum atomic E-state index is 2.37. The molecule has 0 bridgehead atoms. The molecule has 1 aliphatic heterocycles. The summed E-state index contributed by atoms with van der Waals surface area (Å²) in [6, 6.07) is 0. The van der Waals surface area contributed by atoms with Crippen LogP contribution in [-0.4, -0.2) is 6.71 Å². The van der Waals surface area contributed by atoms with Gasteiger partial charge in [-0.1, -0.05) is 62.7 Å². The number of hydrogen-bond acceptors (Lipinski definition) is 0. The van der Waals surface area contributed by atoms with Crippen LogP contribution in [0.1, 0.15) is 32.1 Å². The second kappa shape index (κ2) is 3.47. The van der Waals surface area contributed by atoms with Crippen LogP contribution in [0.4, 0.5) is 0 Å². The highest BCUT2D eigenvalue weighted by Gasteiger charge is 2.26. The third-order valence-corrected chi connectivity index (χ3v) is 3.36. The third-order valence-electron chi connectivity index (χ3n) is 3.36. The Morgan fingerprint density at radius 2 is 1.55 bits per heavy atom. The first kappa shape index (κ1) is 7.45. The summed E-state index contributed by atoms with van der Waals surface area (Å²) in [5, 5.41) is 0. The highest BCUT2D eigenvalue weighted by Crippen LogP contribution is 2.35. The second-order valence-electron chi connectivity index (χ2n) is 4.10. The SMILES string of the molecule is C1=CCB(C2CCCCC2)C1. The maximum absolute atomic E-state index is 2.37. The van der Waals surface area contributed by atoms with Crippen molar-refractivity contribution in [2.75, 3.05) is 0 Å². The lowest BCUT2D eigenvalue weighted by Gasteiger charge is -2.24. The zero-order chi connectivity index (χ0) is 7.52. The first-order valence-electron chi connectivity index (χ1n) is 5.12. The first-order valence-corrected chi connectivity index (χ1v) is 5.12. The van der Waals surface area contributed by atoms with Gasteiger partial charge in [0.05, 0.1) is 0 Å². The molecule has 2 rings (SSSR count). The lowest BCUT2D eigenvalue weighted by atomic mass is 9.37. The van der Waals surface area contributed by atoms with Crippen molar-refractivity contribution in [3.63, 3.8) is 0 Å². The molecule has 0 nitrogen and oxygen atoms in total. The van der Waals surface area contributed by atoms with Crippen molar-refractivity contribution in [2.45, 2.75) is 50.6 Å². The number of allylic oxidation sites excluding steroid dienone is 2. The van der Waals surface area contributed by atoms with E-state index in [2.05, 4.69) is 12.2 Å². The molecule has 1 heteroatoms. The zero-order valence-electron chi connectivity index (χ0n) is 7.26. The van der Waals surface area contributed by atoms with Gasteiger partial charge in [0.15, 0.2) is 6.71 Å². The third kappa shape index (κ3) is 1.69. The Hall–Kier alpha value is -0.195. The molecular formula is C10H17B. The largest absolute Gasteiger partial charge is 0.150 e. The monoisotopic (exact) mass is 148 g/mol. The van der Waals surface area contributed by atoms with Crippen LogP contribution in [0, 0.1) is 0 Å². The van der Waals surface area contributed by atoms with Gasteiger partial charge in [-0.15, -0.1) is 0 Å². The van der Waals surface area contributed by atoms with Crippen molar-refractivity contribution < 1.29 is 0 Å². The molecule has 0 N–H and O–H groups in total. The van der Waals surface area contributed by atoms with Crippen LogP contribution >= 0.6 is 0 Å². The van der Waals surface area contributed by atoms with Gasteiger partial charge in [-0.2, -0.15) is 0 Å². The van der Waals surface area contributed by atoms with Gasteiger partial charge in [-0.05, 0) is 0 Å². The van der Waals surface area contributed by atoms with E-state index in [0.29, 0.717) is 0 Å². The molecule has 0 saturated heterocycles. The molecule has 11 heavy (non-hydrogen) atoms. The minimum atomic E-state index is 1.04. The minimum absolute atomic E-state index is 1.04. The fourth-order valence-electron chi connectivity index (χ4n) is 2.63. The fraction of sp³-hybridized carbons (Fsp3) is 0.800. The van der Waals surface area contributed by atoms with E-state index >= 15 is 0 Å². The van der Waals surface area contributed by atoms with Crippen molar-refractivity contribution >= 4 is 6.71 Å². The Kier molecular flexibility index (Phi) is 2.35. The molecule has 1 fully saturated rings. The van der Waals surface area contributed by atoms with Gasteiger partial charge in [0, 0.05) is 0 Å². The van der Waals surface area contributed by atoms with Gasteiger partial charge >= 0.3 is 0 Å². The standard InChI is InChI=1S/C10H17B/c1-2-6-10(7-3-1)11-8-4-5-9-11/h4-5,10H,1-3,6-9H2. The summed E-state index contributed by atoms with van der Waals surface area (Å²) in [4.78, 5) is 0. The Labute approximate surface area is 70.1 Å². The van der Waals surface area contributed by atoms with Gasteiger partial charge in [-0.3, -0.25) is 0 Å². The molecule has 0 aromatic rings. The van der Waals surface area contributed by atoms with Crippen LogP contribution in [0.5, 0.6) is 0 Å². The van der Waals surface area contributed by atoms with Crippen LogP contribution in [0.3, 0.4) is 0 Å². The van der Waals surface area contributed by atoms with Gasteiger partial charge in [-0.25, -0.2) is 0 Å². The molecule has 2 aliphatic rings. The molecule has 0 aromatic heterocycles. The van der Waals surface area contributed by atoms with Gasteiger partial charge in [0.25, 0.3) is 0 Å². The summed E-state index contributed by atoms with van der Waals surface area (Å²) in [7, 11) is 0. The van der Waals surface area contributed by atoms with Crippen molar-refractivity contribution in [3.05, 3.63) is 12.2 Å². The molecule has 0 radical (unpaired) electrons. The van der Waals surface area contributed by atoms with Crippen LogP contribution in [-0.2, 0) is 0 Å². The Balaban J connectivity index is 1.83. The summed E-state index contributed by atoms with van der Waals surface area (Å²) in [5.41, 5.74) is 0. The smallest absolute Gasteiger partial charge is 0.0964 e. The summed E-state index contributed by atoms with van der Waals surface area (Å²) in [6.45, 7) is 1.04. The Bertz CT molecular complexity index is 137.